The van der Waals surface area contributed by atoms with Crippen molar-refractivity contribution in [3.8, 4) is 28.4 Å². The number of fused-ring (bicyclic) bond motifs is 2. The van der Waals surface area contributed by atoms with Crippen molar-refractivity contribution >= 4 is 16.9 Å². The first-order valence-electron chi connectivity index (χ1n) is 13.7. The minimum absolute atomic E-state index is 0.00706. The molecule has 3 N–H and O–H groups in total. The van der Waals surface area contributed by atoms with E-state index in [0.717, 1.165) is 15.8 Å². The average molecular weight is 579 g/mol. The summed E-state index contributed by atoms with van der Waals surface area (Å²) in [5.41, 5.74) is 7.84. The van der Waals surface area contributed by atoms with E-state index in [0.29, 0.717) is 41.7 Å². The topological polar surface area (TPSA) is 121 Å². The summed E-state index contributed by atoms with van der Waals surface area (Å²) in [7, 11) is 0. The first-order chi connectivity index (χ1) is 20.9. The van der Waals surface area contributed by atoms with E-state index in [9.17, 15) is 14.0 Å². The number of ether oxygens (including phenoxy) is 1. The number of aromatic amines is 1. The number of primary amides is 1. The quantitative estimate of drug-likeness (QED) is 0.264. The van der Waals surface area contributed by atoms with Crippen molar-refractivity contribution in [1.29, 1.82) is 0 Å². The maximum Gasteiger partial charge on any atom is 0.284 e. The van der Waals surface area contributed by atoms with E-state index < -0.39 is 29.0 Å². The second-order valence-electron chi connectivity index (χ2n) is 10.3. The van der Waals surface area contributed by atoms with Crippen LogP contribution in [0.3, 0.4) is 0 Å². The molecule has 0 spiro atoms. The van der Waals surface area contributed by atoms with E-state index in [4.69, 9.17) is 10.5 Å². The monoisotopic (exact) mass is 578 g/mol. The largest absolute Gasteiger partial charge is 0.435 e. The van der Waals surface area contributed by atoms with E-state index in [2.05, 4.69) is 15.0 Å². The van der Waals surface area contributed by atoms with Crippen LogP contribution in [0.15, 0.2) is 90.1 Å². The number of benzene rings is 3. The van der Waals surface area contributed by atoms with Gasteiger partial charge in [0.05, 0.1) is 11.1 Å². The standard InChI is InChI=1S/C32H24F2N6O3/c33-22-10-4-5-11-24(22)40-32(42)27(29(35)41)28-20(9-6-14-39(28)40)19-12-13-25(23(34)15-19)43-31-26-21(18-7-2-1-3-8-18)16-36-30(26)37-17-38-31/h1-5,7-8,10-13,15-17,20H,6,9,14H2,(H2,35,41)(H,36,37,38). The first kappa shape index (κ1) is 26.3. The van der Waals surface area contributed by atoms with Gasteiger partial charge in [-0.3, -0.25) is 14.3 Å². The highest BCUT2D eigenvalue weighted by atomic mass is 19.1. The number of amides is 1. The molecule has 7 rings (SSSR count). The van der Waals surface area contributed by atoms with E-state index in [1.807, 2.05) is 30.3 Å². The third-order valence-electron chi connectivity index (χ3n) is 7.79. The van der Waals surface area contributed by atoms with Gasteiger partial charge in [-0.15, -0.1) is 0 Å². The van der Waals surface area contributed by atoms with Crippen molar-refractivity contribution in [2.45, 2.75) is 25.3 Å². The molecule has 1 atom stereocenters. The molecule has 0 bridgehead atoms. The maximum absolute atomic E-state index is 15.7. The molecule has 1 aliphatic heterocycles. The van der Waals surface area contributed by atoms with Crippen molar-refractivity contribution in [1.82, 2.24) is 24.3 Å². The molecular weight excluding hydrogens is 554 g/mol. The lowest BCUT2D eigenvalue weighted by molar-refractivity contribution is 0.0997. The summed E-state index contributed by atoms with van der Waals surface area (Å²) in [6, 6.07) is 19.9. The molecule has 3 aromatic carbocycles. The van der Waals surface area contributed by atoms with Crippen molar-refractivity contribution < 1.29 is 18.3 Å². The van der Waals surface area contributed by atoms with Gasteiger partial charge in [-0.05, 0) is 48.2 Å². The van der Waals surface area contributed by atoms with Crippen LogP contribution in [-0.2, 0) is 6.54 Å². The van der Waals surface area contributed by atoms with E-state index in [1.165, 1.54) is 36.7 Å². The number of nitrogens with one attached hydrogen (secondary N) is 1. The van der Waals surface area contributed by atoms with Gasteiger partial charge in [-0.25, -0.2) is 23.4 Å². The van der Waals surface area contributed by atoms with Gasteiger partial charge < -0.3 is 15.5 Å². The lowest BCUT2D eigenvalue weighted by atomic mass is 9.86. The Bertz CT molecular complexity index is 2080. The van der Waals surface area contributed by atoms with Gasteiger partial charge >= 0.3 is 0 Å². The minimum Gasteiger partial charge on any atom is -0.435 e. The molecule has 43 heavy (non-hydrogen) atoms. The number of para-hydroxylation sites is 1. The number of hydrogen-bond acceptors (Lipinski definition) is 5. The van der Waals surface area contributed by atoms with Crippen LogP contribution < -0.4 is 16.0 Å². The van der Waals surface area contributed by atoms with Gasteiger partial charge in [-0.1, -0.05) is 48.5 Å². The van der Waals surface area contributed by atoms with Crippen molar-refractivity contribution in [3.05, 3.63) is 124 Å². The van der Waals surface area contributed by atoms with Crippen LogP contribution in [0, 0.1) is 11.6 Å². The smallest absolute Gasteiger partial charge is 0.284 e. The number of hydrogen-bond donors (Lipinski definition) is 2. The van der Waals surface area contributed by atoms with E-state index in [1.54, 1.807) is 23.0 Å². The zero-order chi connectivity index (χ0) is 29.7. The molecule has 0 aliphatic carbocycles. The molecule has 0 fully saturated rings. The average Bonchev–Trinajstić information content (AvgIpc) is 3.58. The summed E-state index contributed by atoms with van der Waals surface area (Å²) in [6.07, 6.45) is 4.26. The SMILES string of the molecule is NC(=O)c1c2n(n(-c3ccccc3F)c1=O)CCCC2c1ccc(Oc2ncnc3[nH]cc(-c4ccccc4)c23)c(F)c1. The minimum atomic E-state index is -0.926. The summed E-state index contributed by atoms with van der Waals surface area (Å²) in [5, 5.41) is 0.606. The Hall–Kier alpha value is -5.58. The number of nitrogens with zero attached hydrogens (tertiary/aromatic N) is 4. The van der Waals surface area contributed by atoms with Crippen molar-refractivity contribution in [2.24, 2.45) is 5.73 Å². The van der Waals surface area contributed by atoms with Crippen LogP contribution in [0.4, 0.5) is 8.78 Å². The van der Waals surface area contributed by atoms with Gasteiger partial charge in [0.15, 0.2) is 11.6 Å². The number of rotatable bonds is 6. The molecule has 4 heterocycles. The Morgan fingerprint density at radius 2 is 1.79 bits per heavy atom. The molecule has 11 heteroatoms. The Morgan fingerprint density at radius 3 is 2.56 bits per heavy atom. The predicted octanol–water partition coefficient (Wildman–Crippen LogP) is 5.67. The summed E-state index contributed by atoms with van der Waals surface area (Å²) in [5.74, 6) is -2.62. The third-order valence-corrected chi connectivity index (χ3v) is 7.79. The van der Waals surface area contributed by atoms with Gasteiger partial charge in [0.2, 0.25) is 5.88 Å². The first-order valence-corrected chi connectivity index (χ1v) is 13.7. The Morgan fingerprint density at radius 1 is 1.00 bits per heavy atom. The van der Waals surface area contributed by atoms with Gasteiger partial charge in [0, 0.05) is 24.2 Å². The summed E-state index contributed by atoms with van der Waals surface area (Å²) in [4.78, 5) is 37.6. The Kier molecular flexibility index (Phi) is 6.34. The van der Waals surface area contributed by atoms with Crippen LogP contribution in [0.5, 0.6) is 11.6 Å². The lowest BCUT2D eigenvalue weighted by Gasteiger charge is -2.27. The highest BCUT2D eigenvalue weighted by Gasteiger charge is 2.34. The molecule has 1 aliphatic rings. The molecule has 0 radical (unpaired) electrons. The maximum atomic E-state index is 15.7. The van der Waals surface area contributed by atoms with Crippen molar-refractivity contribution in [2.75, 3.05) is 0 Å². The summed E-state index contributed by atoms with van der Waals surface area (Å²) < 4.78 is 39.2. The van der Waals surface area contributed by atoms with Crippen LogP contribution in [-0.4, -0.2) is 30.2 Å². The summed E-state index contributed by atoms with van der Waals surface area (Å²) in [6.45, 7) is 0.358. The van der Waals surface area contributed by atoms with Crippen LogP contribution in [0.2, 0.25) is 0 Å². The highest BCUT2D eigenvalue weighted by Crippen LogP contribution is 2.39. The van der Waals surface area contributed by atoms with Gasteiger partial charge in [0.25, 0.3) is 11.5 Å². The van der Waals surface area contributed by atoms with Crippen LogP contribution >= 0.6 is 0 Å². The molecule has 3 aromatic heterocycles. The summed E-state index contributed by atoms with van der Waals surface area (Å²) >= 11 is 0. The number of halogens is 2. The Balaban J connectivity index is 1.29. The fourth-order valence-corrected chi connectivity index (χ4v) is 5.92. The predicted molar refractivity (Wildman–Crippen MR) is 155 cm³/mol. The van der Waals surface area contributed by atoms with E-state index in [-0.39, 0.29) is 22.9 Å². The Labute approximate surface area is 243 Å². The van der Waals surface area contributed by atoms with Crippen LogP contribution in [0.25, 0.3) is 27.8 Å². The molecule has 0 saturated carbocycles. The number of H-pyrrole nitrogens is 1. The van der Waals surface area contributed by atoms with Crippen molar-refractivity contribution in [3.63, 3.8) is 0 Å². The molecule has 1 unspecified atom stereocenters. The molecule has 214 valence electrons. The zero-order valence-electron chi connectivity index (χ0n) is 22.6. The number of nitrogens with two attached hydrogens (primary N) is 1. The van der Waals surface area contributed by atoms with Gasteiger partial charge in [-0.2, -0.15) is 0 Å². The lowest BCUT2D eigenvalue weighted by Crippen LogP contribution is -2.26. The fourth-order valence-electron chi connectivity index (χ4n) is 5.92. The molecule has 6 aromatic rings. The van der Waals surface area contributed by atoms with Crippen LogP contribution in [0.1, 0.15) is 40.4 Å². The number of carbonyl (C=O) groups excluding carboxylic acids is 1. The highest BCUT2D eigenvalue weighted by molar-refractivity contribution is 5.97. The molecule has 9 nitrogen and oxygen atoms in total. The molecule has 0 saturated heterocycles. The number of carbonyl (C=O) groups is 1. The van der Waals surface area contributed by atoms with Gasteiger partial charge in [0.1, 0.15) is 29.0 Å². The molecule has 1 amide bonds. The van der Waals surface area contributed by atoms with E-state index >= 15 is 4.39 Å². The third kappa shape index (κ3) is 4.37. The second kappa shape index (κ2) is 10.4. The fraction of sp³-hybridized carbons (Fsp3) is 0.125. The number of aromatic nitrogens is 5. The second-order valence-corrected chi connectivity index (χ2v) is 10.3. The zero-order valence-corrected chi connectivity index (χ0v) is 22.6. The molecular formula is C32H24F2N6O3. The normalized spacial score (nSPS) is 14.5.